The topological polar surface area (TPSA) is 45.8 Å². The third-order valence-corrected chi connectivity index (χ3v) is 2.13. The molecule has 0 saturated carbocycles. The zero-order chi connectivity index (χ0) is 12.3. The lowest BCUT2D eigenvalue weighted by atomic mass is 10.2. The van der Waals surface area contributed by atoms with Crippen molar-refractivity contribution < 1.29 is 13.2 Å². The molecule has 0 aliphatic rings. The van der Waals surface area contributed by atoms with Gasteiger partial charge in [0, 0.05) is 12.2 Å². The molecule has 0 radical (unpaired) electrons. The first-order valence-electron chi connectivity index (χ1n) is 4.52. The van der Waals surface area contributed by atoms with Gasteiger partial charge in [-0.1, -0.05) is 0 Å². The van der Waals surface area contributed by atoms with Crippen molar-refractivity contribution in [2.75, 3.05) is 0 Å². The number of aromatic nitrogens is 1. The van der Waals surface area contributed by atoms with Crippen LogP contribution in [0, 0.1) is 18.3 Å². The number of aryl methyl sites for hydroxylation is 1. The van der Waals surface area contributed by atoms with Crippen LogP contribution in [0.25, 0.3) is 0 Å². The summed E-state index contributed by atoms with van der Waals surface area (Å²) < 4.78 is 37.0. The van der Waals surface area contributed by atoms with Crippen LogP contribution < -0.4 is 5.56 Å². The third kappa shape index (κ3) is 2.86. The Kier molecular flexibility index (Phi) is 3.38. The van der Waals surface area contributed by atoms with Gasteiger partial charge in [0.25, 0.3) is 5.56 Å². The van der Waals surface area contributed by atoms with Gasteiger partial charge >= 0.3 is 6.18 Å². The lowest BCUT2D eigenvalue weighted by Gasteiger charge is -2.11. The van der Waals surface area contributed by atoms with Gasteiger partial charge in [0.1, 0.15) is 11.6 Å². The van der Waals surface area contributed by atoms with E-state index >= 15 is 0 Å². The smallest absolute Gasteiger partial charge is 0.311 e. The average molecular weight is 230 g/mol. The first-order chi connectivity index (χ1) is 7.35. The van der Waals surface area contributed by atoms with Crippen LogP contribution in [0.4, 0.5) is 13.2 Å². The van der Waals surface area contributed by atoms with E-state index in [1.54, 1.807) is 6.07 Å². The minimum Gasteiger partial charge on any atom is -0.311 e. The van der Waals surface area contributed by atoms with Crippen LogP contribution >= 0.6 is 0 Å². The highest BCUT2D eigenvalue weighted by atomic mass is 19.4. The molecule has 1 aromatic rings. The maximum atomic E-state index is 12.0. The van der Waals surface area contributed by atoms with Gasteiger partial charge in [-0.15, -0.1) is 0 Å². The Balaban J connectivity index is 3.05. The second kappa shape index (κ2) is 4.39. The highest BCUT2D eigenvalue weighted by Gasteiger charge is 2.27. The molecule has 86 valence electrons. The fourth-order valence-electron chi connectivity index (χ4n) is 1.27. The third-order valence-electron chi connectivity index (χ3n) is 2.13. The van der Waals surface area contributed by atoms with E-state index in [4.69, 9.17) is 5.26 Å². The summed E-state index contributed by atoms with van der Waals surface area (Å²) in [6.07, 6.45) is -5.39. The zero-order valence-corrected chi connectivity index (χ0v) is 8.51. The number of hydrogen-bond donors (Lipinski definition) is 0. The summed E-state index contributed by atoms with van der Waals surface area (Å²) in [6, 6.07) is 4.41. The van der Waals surface area contributed by atoms with Gasteiger partial charge in [0.2, 0.25) is 0 Å². The number of pyridine rings is 1. The van der Waals surface area contributed by atoms with Crippen molar-refractivity contribution in [1.82, 2.24) is 4.57 Å². The Morgan fingerprint density at radius 2 is 2.06 bits per heavy atom. The average Bonchev–Trinajstić information content (AvgIpc) is 2.16. The summed E-state index contributed by atoms with van der Waals surface area (Å²) in [4.78, 5) is 11.5. The van der Waals surface area contributed by atoms with E-state index < -0.39 is 24.7 Å². The molecular weight excluding hydrogens is 221 g/mol. The van der Waals surface area contributed by atoms with Crippen LogP contribution in [-0.2, 0) is 6.54 Å². The Morgan fingerprint density at radius 1 is 1.44 bits per heavy atom. The highest BCUT2D eigenvalue weighted by Crippen LogP contribution is 2.20. The Morgan fingerprint density at radius 3 is 2.56 bits per heavy atom. The standard InChI is InChI=1S/C10H9F3N2O/c1-7-2-3-8(6-14)9(16)15(7)5-4-10(11,12)13/h2-3H,4-5H2,1H3. The van der Waals surface area contributed by atoms with Crippen molar-refractivity contribution in [2.45, 2.75) is 26.1 Å². The minimum absolute atomic E-state index is 0.146. The van der Waals surface area contributed by atoms with E-state index in [-0.39, 0.29) is 5.56 Å². The molecule has 0 atom stereocenters. The number of hydrogen-bond acceptors (Lipinski definition) is 2. The molecule has 0 saturated heterocycles. The molecule has 6 heteroatoms. The summed E-state index contributed by atoms with van der Waals surface area (Å²) >= 11 is 0. The van der Waals surface area contributed by atoms with Gasteiger partial charge in [-0.2, -0.15) is 18.4 Å². The van der Waals surface area contributed by atoms with Gasteiger partial charge < -0.3 is 4.57 Å². The molecular formula is C10H9F3N2O. The quantitative estimate of drug-likeness (QED) is 0.779. The predicted molar refractivity (Wildman–Crippen MR) is 50.8 cm³/mol. The van der Waals surface area contributed by atoms with Crippen molar-refractivity contribution in [3.05, 3.63) is 33.7 Å². The van der Waals surface area contributed by atoms with Gasteiger partial charge in [0.05, 0.1) is 6.42 Å². The molecule has 16 heavy (non-hydrogen) atoms. The van der Waals surface area contributed by atoms with E-state index in [2.05, 4.69) is 0 Å². The van der Waals surface area contributed by atoms with Crippen LogP contribution in [0.15, 0.2) is 16.9 Å². The molecule has 0 aliphatic heterocycles. The summed E-state index contributed by atoms with van der Waals surface area (Å²) in [6.45, 7) is 1.07. The maximum Gasteiger partial charge on any atom is 0.390 e. The predicted octanol–water partition coefficient (Wildman–Crippen LogP) is 1.98. The van der Waals surface area contributed by atoms with Crippen molar-refractivity contribution in [3.63, 3.8) is 0 Å². The fraction of sp³-hybridized carbons (Fsp3) is 0.400. The van der Waals surface area contributed by atoms with E-state index in [9.17, 15) is 18.0 Å². The number of rotatable bonds is 2. The molecule has 1 heterocycles. The number of halogens is 3. The molecule has 0 N–H and O–H groups in total. The Labute approximate surface area is 89.7 Å². The number of alkyl halides is 3. The van der Waals surface area contributed by atoms with Crippen LogP contribution in [0.3, 0.4) is 0 Å². The number of nitrogens with zero attached hydrogens (tertiary/aromatic N) is 2. The van der Waals surface area contributed by atoms with Gasteiger partial charge in [-0.3, -0.25) is 4.79 Å². The fourth-order valence-corrected chi connectivity index (χ4v) is 1.27. The molecule has 1 aromatic heterocycles. The molecule has 0 aromatic carbocycles. The van der Waals surface area contributed by atoms with E-state index in [0.717, 1.165) is 4.57 Å². The first-order valence-corrected chi connectivity index (χ1v) is 4.52. The van der Waals surface area contributed by atoms with E-state index in [0.29, 0.717) is 5.69 Å². The lowest BCUT2D eigenvalue weighted by Crippen LogP contribution is -2.26. The number of nitriles is 1. The van der Waals surface area contributed by atoms with Crippen LogP contribution in [0.1, 0.15) is 17.7 Å². The van der Waals surface area contributed by atoms with Crippen molar-refractivity contribution >= 4 is 0 Å². The molecule has 3 nitrogen and oxygen atoms in total. The van der Waals surface area contributed by atoms with Crippen molar-refractivity contribution in [1.29, 1.82) is 5.26 Å². The van der Waals surface area contributed by atoms with E-state index in [1.807, 2.05) is 0 Å². The largest absolute Gasteiger partial charge is 0.390 e. The molecule has 0 amide bonds. The maximum absolute atomic E-state index is 12.0. The minimum atomic E-state index is -4.31. The summed E-state index contributed by atoms with van der Waals surface area (Å²) in [5.74, 6) is 0. The normalized spacial score (nSPS) is 11.2. The molecule has 0 fully saturated rings. The van der Waals surface area contributed by atoms with E-state index in [1.165, 1.54) is 19.1 Å². The second-order valence-electron chi connectivity index (χ2n) is 3.32. The van der Waals surface area contributed by atoms with Crippen LogP contribution in [0.5, 0.6) is 0 Å². The van der Waals surface area contributed by atoms with Crippen molar-refractivity contribution in [2.24, 2.45) is 0 Å². The summed E-state index contributed by atoms with van der Waals surface area (Å²) in [5.41, 5.74) is -0.409. The molecule has 0 spiro atoms. The summed E-state index contributed by atoms with van der Waals surface area (Å²) in [5, 5.41) is 8.58. The lowest BCUT2D eigenvalue weighted by molar-refractivity contribution is -0.136. The highest BCUT2D eigenvalue weighted by molar-refractivity contribution is 5.27. The molecule has 0 unspecified atom stereocenters. The molecule has 0 bridgehead atoms. The summed E-state index contributed by atoms with van der Waals surface area (Å²) in [7, 11) is 0. The SMILES string of the molecule is Cc1ccc(C#N)c(=O)n1CCC(F)(F)F. The second-order valence-corrected chi connectivity index (χ2v) is 3.32. The van der Waals surface area contributed by atoms with Crippen LogP contribution in [0.2, 0.25) is 0 Å². The zero-order valence-electron chi connectivity index (χ0n) is 8.51. The Hall–Kier alpha value is -1.77. The molecule has 0 aliphatic carbocycles. The first kappa shape index (κ1) is 12.3. The van der Waals surface area contributed by atoms with Gasteiger partial charge in [-0.05, 0) is 19.1 Å². The molecule has 1 rings (SSSR count). The van der Waals surface area contributed by atoms with Gasteiger partial charge in [0.15, 0.2) is 0 Å². The van der Waals surface area contributed by atoms with Gasteiger partial charge in [-0.25, -0.2) is 0 Å². The Bertz CT molecular complexity index is 482. The van der Waals surface area contributed by atoms with Crippen LogP contribution in [-0.4, -0.2) is 10.7 Å². The monoisotopic (exact) mass is 230 g/mol. The van der Waals surface area contributed by atoms with Crippen molar-refractivity contribution in [3.8, 4) is 6.07 Å².